The predicted octanol–water partition coefficient (Wildman–Crippen LogP) is 5.30. The van der Waals surface area contributed by atoms with Crippen molar-refractivity contribution in [1.82, 2.24) is 0 Å². The summed E-state index contributed by atoms with van der Waals surface area (Å²) >= 11 is 0. The zero-order chi connectivity index (χ0) is 35.2. The Kier molecular flexibility index (Phi) is 10.5. The first-order valence-corrected chi connectivity index (χ1v) is 15.1. The number of hydrogen-bond donors (Lipinski definition) is 4. The van der Waals surface area contributed by atoms with Crippen LogP contribution >= 0.6 is 0 Å². The van der Waals surface area contributed by atoms with Crippen molar-refractivity contribution in [1.29, 1.82) is 0 Å². The van der Waals surface area contributed by atoms with Crippen molar-refractivity contribution in [2.24, 2.45) is 11.8 Å². The summed E-state index contributed by atoms with van der Waals surface area (Å²) in [6.45, 7) is -0.444. The lowest BCUT2D eigenvalue weighted by Gasteiger charge is -2.25. The Hall–Kier alpha value is -5.82. The first-order valence-electron chi connectivity index (χ1n) is 15.1. The van der Waals surface area contributed by atoms with Gasteiger partial charge < -0.3 is 53.6 Å². The lowest BCUT2D eigenvalue weighted by atomic mass is 9.83. The summed E-state index contributed by atoms with van der Waals surface area (Å²) in [4.78, 5) is 26.3. The molecule has 0 saturated carbocycles. The van der Waals surface area contributed by atoms with Gasteiger partial charge in [-0.15, -0.1) is 0 Å². The number of carbonyl (C=O) groups is 2. The molecule has 4 atom stereocenters. The fourth-order valence-corrected chi connectivity index (χ4v) is 5.74. The third-order valence-electron chi connectivity index (χ3n) is 8.30. The van der Waals surface area contributed by atoms with Gasteiger partial charge in [-0.3, -0.25) is 0 Å². The van der Waals surface area contributed by atoms with Crippen LogP contribution in [0.1, 0.15) is 44.1 Å². The van der Waals surface area contributed by atoms with Crippen molar-refractivity contribution in [3.05, 3.63) is 95.1 Å². The topological polar surface area (TPSA) is 180 Å². The van der Waals surface area contributed by atoms with E-state index in [1.165, 1.54) is 77.0 Å². The molecule has 5 rings (SSSR count). The van der Waals surface area contributed by atoms with Crippen LogP contribution in [0.2, 0.25) is 0 Å². The Morgan fingerprint density at radius 1 is 0.551 bits per heavy atom. The predicted molar refractivity (Wildman–Crippen MR) is 173 cm³/mol. The zero-order valence-electron chi connectivity index (χ0n) is 27.1. The number of esters is 2. The van der Waals surface area contributed by atoms with Gasteiger partial charge in [0.2, 0.25) is 11.5 Å². The number of rotatable bonds is 12. The summed E-state index contributed by atoms with van der Waals surface area (Å²) < 4.78 is 39.9. The zero-order valence-corrected chi connectivity index (χ0v) is 27.1. The maximum atomic E-state index is 13.2. The maximum Gasteiger partial charge on any atom is 0.338 e. The monoisotopic (exact) mass is 676 g/mol. The van der Waals surface area contributed by atoms with Gasteiger partial charge in [-0.2, -0.15) is 0 Å². The molecule has 49 heavy (non-hydrogen) atoms. The van der Waals surface area contributed by atoms with E-state index in [0.29, 0.717) is 11.1 Å². The highest BCUT2D eigenvalue weighted by Gasteiger charge is 2.48. The van der Waals surface area contributed by atoms with Gasteiger partial charge in [0.15, 0.2) is 23.0 Å². The third kappa shape index (κ3) is 7.36. The summed E-state index contributed by atoms with van der Waals surface area (Å²) in [5.41, 5.74) is 1.38. The molecule has 0 amide bonds. The quantitative estimate of drug-likeness (QED) is 0.142. The van der Waals surface area contributed by atoms with Gasteiger partial charge in [0, 0.05) is 11.8 Å². The molecule has 0 bridgehead atoms. The maximum absolute atomic E-state index is 13.2. The molecular weight excluding hydrogens is 640 g/mol. The summed E-state index contributed by atoms with van der Waals surface area (Å²) in [6.07, 6.45) is -1.71. The van der Waals surface area contributed by atoms with Gasteiger partial charge in [0.25, 0.3) is 0 Å². The van der Waals surface area contributed by atoms with Crippen LogP contribution in [-0.2, 0) is 14.2 Å². The van der Waals surface area contributed by atoms with E-state index >= 15 is 0 Å². The molecule has 1 heterocycles. The molecule has 4 N–H and O–H groups in total. The van der Waals surface area contributed by atoms with E-state index < -0.39 is 36.0 Å². The third-order valence-corrected chi connectivity index (χ3v) is 8.30. The minimum atomic E-state index is -0.857. The first-order chi connectivity index (χ1) is 23.6. The van der Waals surface area contributed by atoms with Crippen LogP contribution in [0.25, 0.3) is 0 Å². The number of carbonyl (C=O) groups excluding carboxylic acids is 2. The van der Waals surface area contributed by atoms with Crippen LogP contribution < -0.4 is 18.9 Å². The first kappa shape index (κ1) is 34.5. The number of methoxy groups -OCH3 is 4. The second-order valence-corrected chi connectivity index (χ2v) is 11.1. The van der Waals surface area contributed by atoms with Crippen molar-refractivity contribution in [2.45, 2.75) is 12.2 Å². The lowest BCUT2D eigenvalue weighted by molar-refractivity contribution is 0.0105. The van der Waals surface area contributed by atoms with Crippen LogP contribution in [0, 0.1) is 11.8 Å². The van der Waals surface area contributed by atoms with Crippen LogP contribution in [-0.4, -0.2) is 74.0 Å². The highest BCUT2D eigenvalue weighted by molar-refractivity contribution is 5.90. The summed E-state index contributed by atoms with van der Waals surface area (Å²) in [5.74, 6) is -2.82. The molecule has 4 aromatic carbocycles. The van der Waals surface area contributed by atoms with E-state index in [-0.39, 0.29) is 70.3 Å². The standard InChI is InChI=1S/C36H36O13/c1-43-27-13-21(14-28(44-2)31(27)39)33-25(17-47-35(41)19-5-9-23(37)10-6-19)26(18-48-36(42)20-7-11-24(38)12-8-20)34(49-33)22-15-29(45-3)32(40)30(16-22)46-4/h5-16,25-26,33-34,37-40H,17-18H2,1-4H3/t25-,26+,33?,34?. The summed E-state index contributed by atoms with van der Waals surface area (Å²) in [5, 5.41) is 40.6. The number of ether oxygens (including phenoxy) is 7. The molecule has 258 valence electrons. The molecular formula is C36H36O13. The average Bonchev–Trinajstić information content (AvgIpc) is 3.48. The smallest absolute Gasteiger partial charge is 0.338 e. The molecule has 1 fully saturated rings. The Bertz CT molecular complexity index is 1610. The minimum Gasteiger partial charge on any atom is -0.508 e. The van der Waals surface area contributed by atoms with Crippen LogP contribution in [0.5, 0.6) is 46.0 Å². The number of phenols is 4. The van der Waals surface area contributed by atoms with Crippen LogP contribution in [0.3, 0.4) is 0 Å². The fraction of sp³-hybridized carbons (Fsp3) is 0.278. The van der Waals surface area contributed by atoms with Gasteiger partial charge in [-0.25, -0.2) is 9.59 Å². The molecule has 1 saturated heterocycles. The SMILES string of the molecule is COc1cc(C2OC(c3cc(OC)c(O)c(OC)c3)[C@H](COC(=O)c3ccc(O)cc3)[C@@H]2COC(=O)c2ccc(O)cc2)cc(OC)c1O. The molecule has 2 unspecified atom stereocenters. The molecule has 4 aromatic rings. The van der Waals surface area contributed by atoms with E-state index in [2.05, 4.69) is 0 Å². The summed E-state index contributed by atoms with van der Waals surface area (Å²) in [6, 6.07) is 17.4. The number of aromatic hydroxyl groups is 4. The molecule has 0 spiro atoms. The van der Waals surface area contributed by atoms with E-state index in [9.17, 15) is 30.0 Å². The molecule has 0 radical (unpaired) electrons. The second kappa shape index (κ2) is 14.9. The van der Waals surface area contributed by atoms with E-state index in [0.717, 1.165) is 0 Å². The van der Waals surface area contributed by atoms with Gasteiger partial charge in [-0.05, 0) is 83.9 Å². The molecule has 13 heteroatoms. The minimum absolute atomic E-state index is 0.0193. The highest BCUT2D eigenvalue weighted by Crippen LogP contribution is 2.53. The van der Waals surface area contributed by atoms with Gasteiger partial charge in [0.05, 0.1) is 65.0 Å². The normalized spacial score (nSPS) is 18.4. The van der Waals surface area contributed by atoms with E-state index in [4.69, 9.17) is 33.2 Å². The largest absolute Gasteiger partial charge is 0.508 e. The Morgan fingerprint density at radius 2 is 0.857 bits per heavy atom. The Balaban J connectivity index is 1.59. The highest BCUT2D eigenvalue weighted by atomic mass is 16.6. The average molecular weight is 677 g/mol. The molecule has 0 aromatic heterocycles. The number of phenolic OH excluding ortho intramolecular Hbond substituents is 4. The molecule has 13 nitrogen and oxygen atoms in total. The van der Waals surface area contributed by atoms with Gasteiger partial charge in [0.1, 0.15) is 11.5 Å². The van der Waals surface area contributed by atoms with Gasteiger partial charge in [-0.1, -0.05) is 0 Å². The molecule has 1 aliphatic rings. The molecule has 1 aliphatic heterocycles. The lowest BCUT2D eigenvalue weighted by Crippen LogP contribution is -2.28. The second-order valence-electron chi connectivity index (χ2n) is 11.1. The van der Waals surface area contributed by atoms with Crippen LogP contribution in [0.4, 0.5) is 0 Å². The van der Waals surface area contributed by atoms with Crippen molar-refractivity contribution in [3.63, 3.8) is 0 Å². The Morgan fingerprint density at radius 3 is 1.14 bits per heavy atom. The molecule has 0 aliphatic carbocycles. The van der Waals surface area contributed by atoms with Crippen molar-refractivity contribution < 1.29 is 63.2 Å². The van der Waals surface area contributed by atoms with Crippen molar-refractivity contribution >= 4 is 11.9 Å². The van der Waals surface area contributed by atoms with Crippen molar-refractivity contribution in [2.75, 3.05) is 41.7 Å². The van der Waals surface area contributed by atoms with Crippen LogP contribution in [0.15, 0.2) is 72.8 Å². The number of benzene rings is 4. The fourth-order valence-electron chi connectivity index (χ4n) is 5.74. The van der Waals surface area contributed by atoms with Crippen molar-refractivity contribution in [3.8, 4) is 46.0 Å². The van der Waals surface area contributed by atoms with Gasteiger partial charge >= 0.3 is 11.9 Å². The van der Waals surface area contributed by atoms with E-state index in [1.807, 2.05) is 0 Å². The van der Waals surface area contributed by atoms with E-state index in [1.54, 1.807) is 24.3 Å². The summed E-state index contributed by atoms with van der Waals surface area (Å²) in [7, 11) is 5.53. The number of hydrogen-bond acceptors (Lipinski definition) is 13. The Labute approximate surface area is 281 Å².